The molecule has 0 amide bonds. The Bertz CT molecular complexity index is 1270. The lowest BCUT2D eigenvalue weighted by Crippen LogP contribution is -1.85. The molecule has 5 aromatic carbocycles. The Hall–Kier alpha value is -2.38. The van der Waals surface area contributed by atoms with Crippen molar-refractivity contribution in [3.05, 3.63) is 60.7 Å². The summed E-state index contributed by atoms with van der Waals surface area (Å²) in [4.78, 5) is 0. The molecule has 0 unspecified atom stereocenters. The summed E-state index contributed by atoms with van der Waals surface area (Å²) in [6.07, 6.45) is 0. The molecule has 0 atom stereocenters. The van der Waals surface area contributed by atoms with Crippen molar-refractivity contribution >= 4 is 63.8 Å². The Morgan fingerprint density at radius 2 is 1.14 bits per heavy atom. The molecule has 0 nitrogen and oxygen atoms in total. The van der Waals surface area contributed by atoms with Crippen LogP contribution in [-0.4, -0.2) is 0 Å². The Kier molecular flexibility index (Phi) is 1.61. The van der Waals surface area contributed by atoms with Gasteiger partial charge in [0.1, 0.15) is 0 Å². The number of fused-ring (bicyclic) bond motifs is 1. The Morgan fingerprint density at radius 1 is 0.476 bits per heavy atom. The maximum absolute atomic E-state index is 2.28. The smallest absolute Gasteiger partial charge is 0.0362 e. The van der Waals surface area contributed by atoms with Crippen LogP contribution in [0.4, 0.5) is 0 Å². The second kappa shape index (κ2) is 3.26. The molecule has 0 bridgehead atoms. The lowest BCUT2D eigenvalue weighted by molar-refractivity contribution is 1.83. The van der Waals surface area contributed by atoms with Crippen molar-refractivity contribution in [3.63, 3.8) is 0 Å². The van der Waals surface area contributed by atoms with Crippen molar-refractivity contribution in [2.45, 2.75) is 0 Å². The minimum atomic E-state index is 1.35. The van der Waals surface area contributed by atoms with Crippen LogP contribution >= 0.6 is 11.3 Å². The van der Waals surface area contributed by atoms with Crippen molar-refractivity contribution < 1.29 is 0 Å². The van der Waals surface area contributed by atoms with Gasteiger partial charge in [0.2, 0.25) is 0 Å². The van der Waals surface area contributed by atoms with E-state index in [0.29, 0.717) is 0 Å². The van der Waals surface area contributed by atoms with Gasteiger partial charge < -0.3 is 0 Å². The molecule has 1 heteroatoms. The van der Waals surface area contributed by atoms with E-state index in [9.17, 15) is 0 Å². The summed E-state index contributed by atoms with van der Waals surface area (Å²) >= 11 is 1.92. The predicted octanol–water partition coefficient (Wildman–Crippen LogP) is 6.39. The first-order valence-corrected chi connectivity index (χ1v) is 8.03. The minimum absolute atomic E-state index is 1.35. The zero-order valence-corrected chi connectivity index (χ0v) is 12.0. The van der Waals surface area contributed by atoms with Crippen molar-refractivity contribution in [3.8, 4) is 0 Å². The van der Waals surface area contributed by atoms with Gasteiger partial charge in [0.15, 0.2) is 0 Å². The lowest BCUT2D eigenvalue weighted by atomic mass is 9.89. The number of rotatable bonds is 0. The molecule has 0 fully saturated rings. The quantitative estimate of drug-likeness (QED) is 0.224. The monoisotopic (exact) mass is 282 g/mol. The van der Waals surface area contributed by atoms with Gasteiger partial charge in [0.25, 0.3) is 0 Å². The first kappa shape index (κ1) is 10.4. The molecule has 6 aromatic rings. The number of benzene rings is 5. The first-order chi connectivity index (χ1) is 10.4. The molecular formula is C20H10S. The van der Waals surface area contributed by atoms with E-state index in [0.717, 1.165) is 0 Å². The van der Waals surface area contributed by atoms with Crippen LogP contribution < -0.4 is 0 Å². The highest BCUT2D eigenvalue weighted by Gasteiger charge is 2.17. The van der Waals surface area contributed by atoms with E-state index >= 15 is 0 Å². The molecule has 21 heavy (non-hydrogen) atoms. The summed E-state index contributed by atoms with van der Waals surface area (Å²) in [5, 5.41) is 11.3. The maximum Gasteiger partial charge on any atom is 0.0362 e. The van der Waals surface area contributed by atoms with Gasteiger partial charge in [-0.15, -0.1) is 11.3 Å². The highest BCUT2D eigenvalue weighted by molar-refractivity contribution is 7.26. The summed E-state index contributed by atoms with van der Waals surface area (Å²) in [6, 6.07) is 22.5. The van der Waals surface area contributed by atoms with Crippen molar-refractivity contribution in [2.75, 3.05) is 0 Å². The molecule has 1 heterocycles. The highest BCUT2D eigenvalue weighted by Crippen LogP contribution is 2.47. The molecular weight excluding hydrogens is 272 g/mol. The molecule has 0 aliphatic heterocycles. The molecule has 1 aromatic heterocycles. The van der Waals surface area contributed by atoms with Crippen molar-refractivity contribution in [2.24, 2.45) is 0 Å². The standard InChI is InChI=1S/C20H10S/c1-3-11-7-8-12-9-10-16-20-18(12)17(11)13(4-1)14-5-2-6-15(21-16)19(14)20/h1-10H. The average molecular weight is 282 g/mol. The van der Waals surface area contributed by atoms with Crippen molar-refractivity contribution in [1.29, 1.82) is 0 Å². The van der Waals surface area contributed by atoms with Crippen LogP contribution in [0.25, 0.3) is 52.5 Å². The summed E-state index contributed by atoms with van der Waals surface area (Å²) in [5.74, 6) is 0. The number of hydrogen-bond donors (Lipinski definition) is 0. The van der Waals surface area contributed by atoms with Crippen molar-refractivity contribution in [1.82, 2.24) is 0 Å². The Morgan fingerprint density at radius 3 is 2.05 bits per heavy atom. The first-order valence-electron chi connectivity index (χ1n) is 7.22. The van der Waals surface area contributed by atoms with E-state index in [1.54, 1.807) is 0 Å². The molecule has 0 aliphatic carbocycles. The topological polar surface area (TPSA) is 0 Å². The third-order valence-corrected chi connectivity index (χ3v) is 5.90. The van der Waals surface area contributed by atoms with Crippen LogP contribution in [0.15, 0.2) is 60.7 Å². The molecule has 0 saturated carbocycles. The van der Waals surface area contributed by atoms with E-state index in [-0.39, 0.29) is 0 Å². The molecule has 0 aliphatic rings. The SMILES string of the molecule is c1cc2ccc3ccc4sc5cccc6c(c1)c2c3c4c56. The summed E-state index contributed by atoms with van der Waals surface area (Å²) in [6.45, 7) is 0. The molecule has 0 spiro atoms. The Balaban J connectivity index is 2.23. The highest BCUT2D eigenvalue weighted by atomic mass is 32.1. The van der Waals surface area contributed by atoms with Crippen LogP contribution in [0.5, 0.6) is 0 Å². The van der Waals surface area contributed by atoms with Gasteiger partial charge in [0, 0.05) is 20.2 Å². The third kappa shape index (κ3) is 1.06. The van der Waals surface area contributed by atoms with E-state index in [4.69, 9.17) is 0 Å². The molecule has 0 radical (unpaired) electrons. The Labute approximate surface area is 124 Å². The van der Waals surface area contributed by atoms with Gasteiger partial charge in [-0.3, -0.25) is 0 Å². The van der Waals surface area contributed by atoms with Gasteiger partial charge in [-0.25, -0.2) is 0 Å². The van der Waals surface area contributed by atoms with Crippen LogP contribution in [0, 0.1) is 0 Å². The molecule has 0 saturated heterocycles. The number of hydrogen-bond acceptors (Lipinski definition) is 1. The van der Waals surface area contributed by atoms with Crippen LogP contribution in [0.3, 0.4) is 0 Å². The fourth-order valence-corrected chi connectivity index (χ4v) is 5.09. The second-order valence-corrected chi connectivity index (χ2v) is 6.87. The van der Waals surface area contributed by atoms with E-state index in [1.165, 1.54) is 52.5 Å². The van der Waals surface area contributed by atoms with E-state index < -0.39 is 0 Å². The fourth-order valence-electron chi connectivity index (χ4n) is 3.95. The summed E-state index contributed by atoms with van der Waals surface area (Å²) in [5.41, 5.74) is 0. The zero-order chi connectivity index (χ0) is 13.6. The molecule has 96 valence electrons. The minimum Gasteiger partial charge on any atom is -0.135 e. The maximum atomic E-state index is 2.28. The predicted molar refractivity (Wildman–Crippen MR) is 94.2 cm³/mol. The molecule has 6 rings (SSSR count). The van der Waals surface area contributed by atoms with Gasteiger partial charge >= 0.3 is 0 Å². The van der Waals surface area contributed by atoms with Gasteiger partial charge in [-0.2, -0.15) is 0 Å². The van der Waals surface area contributed by atoms with Gasteiger partial charge in [-0.05, 0) is 44.5 Å². The lowest BCUT2D eigenvalue weighted by Gasteiger charge is -2.13. The largest absolute Gasteiger partial charge is 0.135 e. The van der Waals surface area contributed by atoms with Gasteiger partial charge in [0.05, 0.1) is 0 Å². The fraction of sp³-hybridized carbons (Fsp3) is 0. The molecule has 0 N–H and O–H groups in total. The zero-order valence-electron chi connectivity index (χ0n) is 11.2. The third-order valence-electron chi connectivity index (χ3n) is 4.77. The van der Waals surface area contributed by atoms with E-state index in [2.05, 4.69) is 60.7 Å². The van der Waals surface area contributed by atoms with Crippen LogP contribution in [0.1, 0.15) is 0 Å². The van der Waals surface area contributed by atoms with Crippen LogP contribution in [-0.2, 0) is 0 Å². The number of thiophene rings is 1. The second-order valence-electron chi connectivity index (χ2n) is 5.79. The summed E-state index contributed by atoms with van der Waals surface area (Å²) < 4.78 is 2.81. The normalized spacial score (nSPS) is 12.8. The van der Waals surface area contributed by atoms with E-state index in [1.807, 2.05) is 11.3 Å². The van der Waals surface area contributed by atoms with Crippen LogP contribution in [0.2, 0.25) is 0 Å². The summed E-state index contributed by atoms with van der Waals surface area (Å²) in [7, 11) is 0. The average Bonchev–Trinajstić information content (AvgIpc) is 2.92. The van der Waals surface area contributed by atoms with Gasteiger partial charge in [-0.1, -0.05) is 48.5 Å².